The van der Waals surface area contributed by atoms with Gasteiger partial charge in [-0.05, 0) is 31.2 Å². The lowest BCUT2D eigenvalue weighted by molar-refractivity contribution is -0.886. The van der Waals surface area contributed by atoms with Crippen LogP contribution in [0.4, 0.5) is 0 Å². The summed E-state index contributed by atoms with van der Waals surface area (Å²) in [5.41, 5.74) is 1.18. The second kappa shape index (κ2) is 7.46. The highest BCUT2D eigenvalue weighted by molar-refractivity contribution is 7.18. The molecule has 8 heteroatoms. The molecule has 0 saturated carbocycles. The summed E-state index contributed by atoms with van der Waals surface area (Å²) in [5, 5.41) is 0.787. The van der Waals surface area contributed by atoms with Gasteiger partial charge in [0.1, 0.15) is 11.4 Å². The minimum absolute atomic E-state index is 0.0308. The zero-order valence-corrected chi connectivity index (χ0v) is 15.9. The van der Waals surface area contributed by atoms with Crippen molar-refractivity contribution in [2.45, 2.75) is 32.2 Å². The molecule has 2 aliphatic rings. The molecule has 1 saturated heterocycles. The van der Waals surface area contributed by atoms with Crippen LogP contribution in [0.2, 0.25) is 0 Å². The molecule has 1 unspecified atom stereocenters. The van der Waals surface area contributed by atoms with E-state index in [1.54, 1.807) is 11.3 Å². The first-order chi connectivity index (χ1) is 12.6. The molecule has 2 aromatic heterocycles. The maximum absolute atomic E-state index is 12.6. The summed E-state index contributed by atoms with van der Waals surface area (Å²) in [6.07, 6.45) is 4.39. The van der Waals surface area contributed by atoms with Gasteiger partial charge < -0.3 is 19.5 Å². The smallest absolute Gasteiger partial charge is 0.277 e. The average Bonchev–Trinajstić information content (AvgIpc) is 3.01. The van der Waals surface area contributed by atoms with Crippen molar-refractivity contribution in [2.24, 2.45) is 0 Å². The number of hydrogen-bond acceptors (Lipinski definition) is 5. The van der Waals surface area contributed by atoms with Crippen LogP contribution in [0.1, 0.15) is 29.1 Å². The number of carbonyl (C=O) groups excluding carboxylic acids is 1. The number of carbonyl (C=O) groups is 1. The molecule has 1 atom stereocenters. The number of aromatic amines is 1. The van der Waals surface area contributed by atoms with E-state index in [1.807, 2.05) is 11.9 Å². The van der Waals surface area contributed by atoms with Crippen molar-refractivity contribution >= 4 is 27.5 Å². The summed E-state index contributed by atoms with van der Waals surface area (Å²) in [4.78, 5) is 37.6. The number of H-pyrrole nitrogens is 1. The molecule has 2 aromatic rings. The fourth-order valence-electron chi connectivity index (χ4n) is 3.82. The Morgan fingerprint density at radius 2 is 2.08 bits per heavy atom. The quantitative estimate of drug-likeness (QED) is 0.769. The number of quaternary nitrogens is 1. The van der Waals surface area contributed by atoms with Gasteiger partial charge in [-0.25, -0.2) is 4.98 Å². The number of fused-ring (bicyclic) bond motifs is 3. The lowest BCUT2D eigenvalue weighted by Crippen LogP contribution is -3.09. The maximum Gasteiger partial charge on any atom is 0.277 e. The van der Waals surface area contributed by atoms with Gasteiger partial charge in [-0.15, -0.1) is 11.3 Å². The first-order valence-corrected chi connectivity index (χ1v) is 10.1. The van der Waals surface area contributed by atoms with Crippen molar-refractivity contribution in [1.82, 2.24) is 14.9 Å². The topological polar surface area (TPSA) is 79.7 Å². The molecule has 0 spiro atoms. The van der Waals surface area contributed by atoms with E-state index in [0.29, 0.717) is 45.2 Å². The van der Waals surface area contributed by atoms with Crippen LogP contribution >= 0.6 is 11.3 Å². The number of likely N-dealkylation sites (N-methyl/N-ethyl adjacent to an activating group) is 1. The predicted octanol–water partition coefficient (Wildman–Crippen LogP) is -0.263. The van der Waals surface area contributed by atoms with Crippen molar-refractivity contribution in [3.8, 4) is 0 Å². The molecule has 2 N–H and O–H groups in total. The van der Waals surface area contributed by atoms with Crippen LogP contribution in [0.15, 0.2) is 4.79 Å². The Morgan fingerprint density at radius 1 is 1.31 bits per heavy atom. The molecule has 1 aliphatic carbocycles. The number of nitrogens with zero attached hydrogens (tertiary/aromatic N) is 2. The van der Waals surface area contributed by atoms with Gasteiger partial charge in [0.15, 0.2) is 12.4 Å². The van der Waals surface area contributed by atoms with Crippen molar-refractivity contribution in [1.29, 1.82) is 0 Å². The minimum Gasteiger partial charge on any atom is -0.378 e. The molecule has 7 nitrogen and oxygen atoms in total. The monoisotopic (exact) mass is 377 g/mol. The standard InChI is InChI=1S/C18H24N4O3S/c1-21(11-15(23)22-6-8-25-9-7-22)10-14-19-17(24)16-12-4-2-3-5-13(12)26-18(16)20-14/h2-11H2,1H3,(H,19,20,24)/p+1. The molecule has 0 radical (unpaired) electrons. The van der Waals surface area contributed by atoms with E-state index in [0.717, 1.165) is 34.4 Å². The Balaban J connectivity index is 1.48. The Kier molecular flexibility index (Phi) is 5.06. The third-order valence-electron chi connectivity index (χ3n) is 5.16. The predicted molar refractivity (Wildman–Crippen MR) is 99.7 cm³/mol. The second-order valence-electron chi connectivity index (χ2n) is 7.21. The zero-order chi connectivity index (χ0) is 18.1. The van der Waals surface area contributed by atoms with Gasteiger partial charge in [0.2, 0.25) is 0 Å². The number of hydrogen-bond donors (Lipinski definition) is 2. The normalized spacial score (nSPS) is 18.7. The fourth-order valence-corrected chi connectivity index (χ4v) is 5.10. The fraction of sp³-hybridized carbons (Fsp3) is 0.611. The molecule has 1 amide bonds. The van der Waals surface area contributed by atoms with Gasteiger partial charge in [-0.1, -0.05) is 0 Å². The maximum atomic E-state index is 12.6. The van der Waals surface area contributed by atoms with E-state index in [4.69, 9.17) is 9.72 Å². The van der Waals surface area contributed by atoms with Crippen molar-refractivity contribution in [3.05, 3.63) is 26.6 Å². The molecule has 4 rings (SSSR count). The van der Waals surface area contributed by atoms with Gasteiger partial charge in [-0.2, -0.15) is 0 Å². The van der Waals surface area contributed by atoms with E-state index >= 15 is 0 Å². The summed E-state index contributed by atoms with van der Waals surface area (Å²) in [5.74, 6) is 0.786. The Hall–Kier alpha value is -1.77. The minimum atomic E-state index is -0.0308. The number of ether oxygens (including phenoxy) is 1. The van der Waals surface area contributed by atoms with Crippen molar-refractivity contribution < 1.29 is 14.4 Å². The third kappa shape index (κ3) is 3.54. The van der Waals surface area contributed by atoms with E-state index < -0.39 is 0 Å². The average molecular weight is 377 g/mol. The number of amides is 1. The van der Waals surface area contributed by atoms with Crippen LogP contribution in [-0.4, -0.2) is 60.7 Å². The van der Waals surface area contributed by atoms with E-state index in [2.05, 4.69) is 4.98 Å². The van der Waals surface area contributed by atoms with Crippen LogP contribution < -0.4 is 10.5 Å². The molecule has 140 valence electrons. The molecule has 1 fully saturated rings. The second-order valence-corrected chi connectivity index (χ2v) is 8.29. The van der Waals surface area contributed by atoms with E-state index in [9.17, 15) is 9.59 Å². The number of aromatic nitrogens is 2. The van der Waals surface area contributed by atoms with E-state index in [1.165, 1.54) is 16.9 Å². The highest BCUT2D eigenvalue weighted by atomic mass is 32.1. The lowest BCUT2D eigenvalue weighted by Gasteiger charge is -2.27. The van der Waals surface area contributed by atoms with Crippen molar-refractivity contribution in [2.75, 3.05) is 39.9 Å². The summed E-state index contributed by atoms with van der Waals surface area (Å²) >= 11 is 1.66. The highest BCUT2D eigenvalue weighted by Gasteiger charge is 2.23. The summed E-state index contributed by atoms with van der Waals surface area (Å²) in [6, 6.07) is 0. The number of morpholine rings is 1. The van der Waals surface area contributed by atoms with Crippen LogP contribution in [0.5, 0.6) is 0 Å². The van der Waals surface area contributed by atoms with Crippen LogP contribution in [0.3, 0.4) is 0 Å². The Morgan fingerprint density at radius 3 is 2.88 bits per heavy atom. The Labute approximate surface area is 156 Å². The van der Waals surface area contributed by atoms with Crippen LogP contribution in [0.25, 0.3) is 10.2 Å². The molecular formula is C18H25N4O3S+. The SMILES string of the molecule is C[NH+](CC(=O)N1CCOCC1)Cc1nc2sc3c(c2c(=O)[nH]1)CCCC3. The lowest BCUT2D eigenvalue weighted by atomic mass is 9.97. The summed E-state index contributed by atoms with van der Waals surface area (Å²) < 4.78 is 5.29. The third-order valence-corrected chi connectivity index (χ3v) is 6.35. The number of thiophene rings is 1. The number of rotatable bonds is 4. The largest absolute Gasteiger partial charge is 0.378 e. The molecular weight excluding hydrogens is 352 g/mol. The molecule has 26 heavy (non-hydrogen) atoms. The van der Waals surface area contributed by atoms with Gasteiger partial charge in [0.25, 0.3) is 11.5 Å². The van der Waals surface area contributed by atoms with Crippen LogP contribution in [-0.2, 0) is 28.9 Å². The summed E-state index contributed by atoms with van der Waals surface area (Å²) in [7, 11) is 1.96. The van der Waals surface area contributed by atoms with Crippen molar-refractivity contribution in [3.63, 3.8) is 0 Å². The number of aryl methyl sites for hydroxylation is 2. The van der Waals surface area contributed by atoms with E-state index in [-0.39, 0.29) is 11.5 Å². The Bertz CT molecular complexity index is 869. The van der Waals surface area contributed by atoms with Gasteiger partial charge in [0.05, 0.1) is 25.6 Å². The molecule has 3 heterocycles. The number of nitrogens with one attached hydrogen (secondary N) is 2. The van der Waals surface area contributed by atoms with Gasteiger partial charge in [0, 0.05) is 18.0 Å². The molecule has 1 aliphatic heterocycles. The first kappa shape index (κ1) is 17.6. The molecule has 0 aromatic carbocycles. The highest BCUT2D eigenvalue weighted by Crippen LogP contribution is 2.33. The van der Waals surface area contributed by atoms with Gasteiger partial charge >= 0.3 is 0 Å². The first-order valence-electron chi connectivity index (χ1n) is 9.32. The summed E-state index contributed by atoms with van der Waals surface area (Å²) in [6.45, 7) is 3.47. The van der Waals surface area contributed by atoms with Gasteiger partial charge in [-0.3, -0.25) is 9.59 Å². The van der Waals surface area contributed by atoms with Crippen LogP contribution in [0, 0.1) is 0 Å². The zero-order valence-electron chi connectivity index (χ0n) is 15.1. The molecule has 0 bridgehead atoms.